The molecule has 0 saturated heterocycles. The number of rotatable bonds is 11. The van der Waals surface area contributed by atoms with E-state index in [1.807, 2.05) is 0 Å². The van der Waals surface area contributed by atoms with Gasteiger partial charge < -0.3 is 38.8 Å². The van der Waals surface area contributed by atoms with Crippen molar-refractivity contribution in [2.75, 3.05) is 48.0 Å². The van der Waals surface area contributed by atoms with Gasteiger partial charge in [-0.15, -0.1) is 0 Å². The number of aromatic hydroxyl groups is 1. The van der Waals surface area contributed by atoms with E-state index < -0.39 is 5.91 Å². The molecule has 0 saturated carbocycles. The molecule has 9 nitrogen and oxygen atoms in total. The molecule has 3 rings (SSSR count). The number of nitrogens with one attached hydrogen (secondary N) is 1. The summed E-state index contributed by atoms with van der Waals surface area (Å²) in [6.07, 6.45) is 6.52. The third kappa shape index (κ3) is 6.31. The van der Waals surface area contributed by atoms with Crippen LogP contribution in [0.15, 0.2) is 48.5 Å². The van der Waals surface area contributed by atoms with Gasteiger partial charge in [-0.3, -0.25) is 4.79 Å². The molecule has 0 unspecified atom stereocenters. The third-order valence-electron chi connectivity index (χ3n) is 5.62. The van der Waals surface area contributed by atoms with Gasteiger partial charge in [0, 0.05) is 11.6 Å². The Morgan fingerprint density at radius 2 is 1.24 bits per heavy atom. The Balaban J connectivity index is 1.91. The van der Waals surface area contributed by atoms with Crippen LogP contribution in [0, 0.1) is 0 Å². The molecule has 0 fully saturated rings. The van der Waals surface area contributed by atoms with Crippen molar-refractivity contribution >= 4 is 29.8 Å². The molecule has 0 aromatic heterocycles. The van der Waals surface area contributed by atoms with Crippen LogP contribution in [0.2, 0.25) is 0 Å². The molecule has 0 aliphatic carbocycles. The van der Waals surface area contributed by atoms with Gasteiger partial charge in [-0.25, -0.2) is 0 Å². The zero-order chi connectivity index (χ0) is 27.7. The molecule has 3 aromatic carbocycles. The lowest BCUT2D eigenvalue weighted by Gasteiger charge is -2.14. The van der Waals surface area contributed by atoms with Crippen molar-refractivity contribution in [2.45, 2.75) is 0 Å². The Morgan fingerprint density at radius 1 is 0.658 bits per heavy atom. The maximum absolute atomic E-state index is 12.8. The molecule has 38 heavy (non-hydrogen) atoms. The zero-order valence-electron chi connectivity index (χ0n) is 22.2. The number of phenols is 1. The van der Waals surface area contributed by atoms with E-state index in [-0.39, 0.29) is 17.2 Å². The minimum Gasteiger partial charge on any atom is -0.503 e. The van der Waals surface area contributed by atoms with Crippen molar-refractivity contribution in [2.24, 2.45) is 0 Å². The van der Waals surface area contributed by atoms with Gasteiger partial charge in [-0.2, -0.15) is 0 Å². The van der Waals surface area contributed by atoms with Crippen LogP contribution in [0.3, 0.4) is 0 Å². The van der Waals surface area contributed by atoms with Crippen LogP contribution >= 0.6 is 0 Å². The topological polar surface area (TPSA) is 105 Å². The monoisotopic (exact) mass is 521 g/mol. The molecular weight excluding hydrogens is 490 g/mol. The van der Waals surface area contributed by atoms with Crippen molar-refractivity contribution in [3.63, 3.8) is 0 Å². The van der Waals surface area contributed by atoms with E-state index in [1.165, 1.54) is 41.6 Å². The molecule has 0 atom stereocenters. The van der Waals surface area contributed by atoms with Gasteiger partial charge in [0.05, 0.1) is 48.3 Å². The van der Waals surface area contributed by atoms with E-state index in [4.69, 9.17) is 28.4 Å². The molecule has 0 heterocycles. The average molecular weight is 522 g/mol. The zero-order valence-corrected chi connectivity index (χ0v) is 22.2. The SMILES string of the molecule is COc1ccc(/C=C/C(=O)Nc2c(/C=C\c3cc(OC)c(OC)c(OC)c3)ccc(OC)c2O)cc1OC. The van der Waals surface area contributed by atoms with Gasteiger partial charge in [0.15, 0.2) is 34.5 Å². The van der Waals surface area contributed by atoms with E-state index in [0.29, 0.717) is 34.3 Å². The largest absolute Gasteiger partial charge is 0.503 e. The summed E-state index contributed by atoms with van der Waals surface area (Å²) in [4.78, 5) is 12.8. The summed E-state index contributed by atoms with van der Waals surface area (Å²) in [6, 6.07) is 12.2. The van der Waals surface area contributed by atoms with Crippen LogP contribution in [-0.4, -0.2) is 53.7 Å². The number of ether oxygens (including phenoxy) is 6. The van der Waals surface area contributed by atoms with E-state index in [0.717, 1.165) is 11.1 Å². The number of carbonyl (C=O) groups is 1. The van der Waals surface area contributed by atoms with Crippen molar-refractivity contribution < 1.29 is 38.3 Å². The van der Waals surface area contributed by atoms with Crippen molar-refractivity contribution in [3.05, 3.63) is 65.2 Å². The quantitative estimate of drug-likeness (QED) is 0.200. The Morgan fingerprint density at radius 3 is 1.82 bits per heavy atom. The molecule has 1 amide bonds. The highest BCUT2D eigenvalue weighted by Crippen LogP contribution is 2.40. The second-order valence-electron chi connectivity index (χ2n) is 7.81. The highest BCUT2D eigenvalue weighted by molar-refractivity contribution is 6.04. The summed E-state index contributed by atoms with van der Waals surface area (Å²) in [6.45, 7) is 0. The molecule has 0 radical (unpaired) electrons. The Bertz CT molecular complexity index is 1320. The van der Waals surface area contributed by atoms with E-state index in [1.54, 1.807) is 67.8 Å². The summed E-state index contributed by atoms with van der Waals surface area (Å²) in [5.74, 6) is 2.16. The maximum atomic E-state index is 12.8. The summed E-state index contributed by atoms with van der Waals surface area (Å²) in [7, 11) is 9.13. The van der Waals surface area contributed by atoms with Gasteiger partial charge in [0.25, 0.3) is 0 Å². The van der Waals surface area contributed by atoms with Crippen molar-refractivity contribution in [3.8, 4) is 40.2 Å². The number of hydrogen-bond acceptors (Lipinski definition) is 8. The molecule has 200 valence electrons. The van der Waals surface area contributed by atoms with Crippen LogP contribution in [-0.2, 0) is 4.79 Å². The highest BCUT2D eigenvalue weighted by Gasteiger charge is 2.15. The van der Waals surface area contributed by atoms with Crippen LogP contribution in [0.5, 0.6) is 40.2 Å². The lowest BCUT2D eigenvalue weighted by Crippen LogP contribution is -2.09. The molecule has 0 bridgehead atoms. The Kier molecular flexibility index (Phi) is 9.48. The second kappa shape index (κ2) is 13.0. The fraction of sp³-hybridized carbons (Fsp3) is 0.207. The summed E-state index contributed by atoms with van der Waals surface area (Å²) in [5, 5.41) is 13.5. The third-order valence-corrected chi connectivity index (χ3v) is 5.62. The molecular formula is C29H31NO8. The number of anilines is 1. The fourth-order valence-corrected chi connectivity index (χ4v) is 3.70. The van der Waals surface area contributed by atoms with Gasteiger partial charge >= 0.3 is 0 Å². The first-order valence-corrected chi connectivity index (χ1v) is 11.5. The number of methoxy groups -OCH3 is 6. The van der Waals surface area contributed by atoms with E-state index >= 15 is 0 Å². The predicted octanol–water partition coefficient (Wildman–Crippen LogP) is 5.27. The van der Waals surface area contributed by atoms with Gasteiger partial charge in [0.2, 0.25) is 11.7 Å². The van der Waals surface area contributed by atoms with Crippen LogP contribution in [0.25, 0.3) is 18.2 Å². The molecule has 3 aromatic rings. The fourth-order valence-electron chi connectivity index (χ4n) is 3.70. The van der Waals surface area contributed by atoms with Crippen LogP contribution in [0.1, 0.15) is 16.7 Å². The first kappa shape index (κ1) is 27.8. The maximum Gasteiger partial charge on any atom is 0.248 e. The number of carbonyl (C=O) groups excluding carboxylic acids is 1. The van der Waals surface area contributed by atoms with Gasteiger partial charge in [0.1, 0.15) is 0 Å². The van der Waals surface area contributed by atoms with Crippen molar-refractivity contribution in [1.82, 2.24) is 0 Å². The first-order chi connectivity index (χ1) is 18.4. The highest BCUT2D eigenvalue weighted by atomic mass is 16.5. The lowest BCUT2D eigenvalue weighted by molar-refractivity contribution is -0.111. The standard InChI is InChI=1S/C29H31NO8/c1-33-21-12-8-18(15-23(21)35-3)9-14-26(31)30-27-20(11-13-22(34-2)28(27)32)10-7-19-16-24(36-4)29(38-6)25(17-19)37-5/h7-17,32H,1-6H3,(H,30,31)/b10-7-,14-9+. The first-order valence-electron chi connectivity index (χ1n) is 11.5. The summed E-state index contributed by atoms with van der Waals surface area (Å²) in [5.41, 5.74) is 2.22. The van der Waals surface area contributed by atoms with Gasteiger partial charge in [-0.05, 0) is 53.6 Å². The normalized spacial score (nSPS) is 10.9. The molecule has 9 heteroatoms. The van der Waals surface area contributed by atoms with Crippen LogP contribution in [0.4, 0.5) is 5.69 Å². The Labute approximate surface area is 221 Å². The smallest absolute Gasteiger partial charge is 0.248 e. The molecule has 2 N–H and O–H groups in total. The molecule has 0 aliphatic rings. The molecule has 0 aliphatic heterocycles. The summed E-state index contributed by atoms with van der Waals surface area (Å²) < 4.78 is 32.0. The number of amides is 1. The lowest BCUT2D eigenvalue weighted by atomic mass is 10.1. The summed E-state index contributed by atoms with van der Waals surface area (Å²) >= 11 is 0. The van der Waals surface area contributed by atoms with Crippen LogP contribution < -0.4 is 33.7 Å². The molecule has 0 spiro atoms. The number of phenolic OH excluding ortho intramolecular Hbond substituents is 1. The van der Waals surface area contributed by atoms with E-state index in [2.05, 4.69) is 5.32 Å². The Hall–Kier alpha value is -4.79. The van der Waals surface area contributed by atoms with Gasteiger partial charge in [-0.1, -0.05) is 18.2 Å². The van der Waals surface area contributed by atoms with Crippen molar-refractivity contribution in [1.29, 1.82) is 0 Å². The second-order valence-corrected chi connectivity index (χ2v) is 7.81. The minimum atomic E-state index is -0.453. The minimum absolute atomic E-state index is 0.190. The van der Waals surface area contributed by atoms with E-state index in [9.17, 15) is 9.90 Å². The number of hydrogen-bond donors (Lipinski definition) is 2. The predicted molar refractivity (Wildman–Crippen MR) is 147 cm³/mol. The average Bonchev–Trinajstić information content (AvgIpc) is 2.95. The number of benzene rings is 3.